The lowest BCUT2D eigenvalue weighted by molar-refractivity contribution is -0.119. The number of rotatable bonds is 6. The number of amides is 2. The Labute approximate surface area is 165 Å². The Morgan fingerprint density at radius 1 is 1.21 bits per heavy atom. The van der Waals surface area contributed by atoms with Gasteiger partial charge in [0.05, 0.1) is 11.7 Å². The van der Waals surface area contributed by atoms with Crippen LogP contribution < -0.4 is 16.2 Å². The van der Waals surface area contributed by atoms with Gasteiger partial charge in [-0.05, 0) is 37.0 Å². The molecular weight excluding hydrogens is 376 g/mol. The SMILES string of the molecule is NC(=O)CCN(C(=O)Cn1cnc2sc3c(c2c1=O)CCC3)c1ccccc1. The number of carbonyl (C=O) groups excluding carboxylic acids is 2. The molecule has 2 amide bonds. The number of fused-ring (bicyclic) bond motifs is 3. The first-order chi connectivity index (χ1) is 13.5. The van der Waals surface area contributed by atoms with E-state index < -0.39 is 5.91 Å². The highest BCUT2D eigenvalue weighted by molar-refractivity contribution is 7.18. The number of nitrogens with zero attached hydrogens (tertiary/aromatic N) is 3. The second kappa shape index (κ2) is 7.55. The molecule has 28 heavy (non-hydrogen) atoms. The first-order valence-electron chi connectivity index (χ1n) is 9.18. The molecule has 8 heteroatoms. The number of carbonyl (C=O) groups is 2. The molecule has 3 aromatic rings. The molecule has 0 saturated heterocycles. The Balaban J connectivity index is 1.64. The Bertz CT molecular complexity index is 1100. The van der Waals surface area contributed by atoms with Crippen LogP contribution in [-0.2, 0) is 29.0 Å². The van der Waals surface area contributed by atoms with E-state index in [4.69, 9.17) is 5.73 Å². The maximum Gasteiger partial charge on any atom is 0.262 e. The standard InChI is InChI=1S/C20H20N4O3S/c21-16(25)9-10-24(13-5-2-1-3-6-13)17(26)11-23-12-22-19-18(20(23)27)14-7-4-8-15(14)28-19/h1-3,5-6,12H,4,7-11H2,(H2,21,25). The molecule has 0 bridgehead atoms. The summed E-state index contributed by atoms with van der Waals surface area (Å²) in [5.74, 6) is -0.773. The highest BCUT2D eigenvalue weighted by Crippen LogP contribution is 2.34. The number of hydrogen-bond acceptors (Lipinski definition) is 5. The van der Waals surface area contributed by atoms with Crippen molar-refractivity contribution >= 4 is 39.1 Å². The quantitative estimate of drug-likeness (QED) is 0.687. The van der Waals surface area contributed by atoms with Gasteiger partial charge in [0.15, 0.2) is 0 Å². The minimum atomic E-state index is -0.483. The number of nitrogens with two attached hydrogens (primary N) is 1. The molecule has 2 aromatic heterocycles. The summed E-state index contributed by atoms with van der Waals surface area (Å²) in [6.07, 6.45) is 4.41. The number of benzene rings is 1. The molecule has 1 aliphatic rings. The van der Waals surface area contributed by atoms with Crippen LogP contribution in [0.5, 0.6) is 0 Å². The van der Waals surface area contributed by atoms with E-state index in [0.717, 1.165) is 29.7 Å². The summed E-state index contributed by atoms with van der Waals surface area (Å²) in [4.78, 5) is 45.0. The van der Waals surface area contributed by atoms with Gasteiger partial charge in [0.1, 0.15) is 11.4 Å². The molecule has 0 atom stereocenters. The number of aromatic nitrogens is 2. The van der Waals surface area contributed by atoms with Crippen molar-refractivity contribution in [3.05, 3.63) is 57.5 Å². The lowest BCUT2D eigenvalue weighted by atomic mass is 10.2. The minimum Gasteiger partial charge on any atom is -0.370 e. The van der Waals surface area contributed by atoms with Gasteiger partial charge in [0.2, 0.25) is 11.8 Å². The smallest absolute Gasteiger partial charge is 0.262 e. The van der Waals surface area contributed by atoms with E-state index in [-0.39, 0.29) is 31.0 Å². The maximum atomic E-state index is 13.0. The van der Waals surface area contributed by atoms with Gasteiger partial charge in [-0.1, -0.05) is 18.2 Å². The average Bonchev–Trinajstić information content (AvgIpc) is 3.26. The predicted octanol–water partition coefficient (Wildman–Crippen LogP) is 1.86. The molecule has 0 fully saturated rings. The number of thiophene rings is 1. The third kappa shape index (κ3) is 3.43. The second-order valence-electron chi connectivity index (χ2n) is 6.81. The molecule has 7 nitrogen and oxygen atoms in total. The van der Waals surface area contributed by atoms with Gasteiger partial charge in [-0.25, -0.2) is 4.98 Å². The van der Waals surface area contributed by atoms with Crippen molar-refractivity contribution in [2.24, 2.45) is 5.73 Å². The fraction of sp³-hybridized carbons (Fsp3) is 0.300. The lowest BCUT2D eigenvalue weighted by Gasteiger charge is -2.22. The van der Waals surface area contributed by atoms with Gasteiger partial charge in [-0.2, -0.15) is 0 Å². The van der Waals surface area contributed by atoms with E-state index in [0.29, 0.717) is 11.1 Å². The minimum absolute atomic E-state index is 0.0465. The van der Waals surface area contributed by atoms with Crippen molar-refractivity contribution in [3.8, 4) is 0 Å². The Kier molecular flexibility index (Phi) is 4.95. The first kappa shape index (κ1) is 18.4. The third-order valence-electron chi connectivity index (χ3n) is 4.95. The van der Waals surface area contributed by atoms with Gasteiger partial charge in [-0.15, -0.1) is 11.3 Å². The van der Waals surface area contributed by atoms with Gasteiger partial charge in [0.25, 0.3) is 5.56 Å². The summed E-state index contributed by atoms with van der Waals surface area (Å²) in [6.45, 7) is 0.0243. The number of aryl methyl sites for hydroxylation is 2. The Morgan fingerprint density at radius 2 is 2.00 bits per heavy atom. The number of anilines is 1. The number of hydrogen-bond donors (Lipinski definition) is 1. The van der Waals surface area contributed by atoms with Crippen LogP contribution in [0.15, 0.2) is 41.5 Å². The summed E-state index contributed by atoms with van der Waals surface area (Å²) in [7, 11) is 0. The molecule has 0 aliphatic heterocycles. The topological polar surface area (TPSA) is 98.3 Å². The number of para-hydroxylation sites is 1. The second-order valence-corrected chi connectivity index (χ2v) is 7.90. The van der Waals surface area contributed by atoms with Gasteiger partial charge in [-0.3, -0.25) is 19.0 Å². The summed E-state index contributed by atoms with van der Waals surface area (Å²) >= 11 is 1.57. The Morgan fingerprint density at radius 3 is 2.75 bits per heavy atom. The van der Waals surface area contributed by atoms with Crippen LogP contribution >= 0.6 is 11.3 Å². The average molecular weight is 396 g/mol. The summed E-state index contributed by atoms with van der Waals surface area (Å²) in [5.41, 5.74) is 6.83. The van der Waals surface area contributed by atoms with Crippen LogP contribution in [0, 0.1) is 0 Å². The zero-order valence-corrected chi connectivity index (χ0v) is 16.1. The van der Waals surface area contributed by atoms with Gasteiger partial charge >= 0.3 is 0 Å². The van der Waals surface area contributed by atoms with Crippen molar-refractivity contribution in [1.29, 1.82) is 0 Å². The molecule has 0 radical (unpaired) electrons. The van der Waals surface area contributed by atoms with E-state index in [9.17, 15) is 14.4 Å². The first-order valence-corrected chi connectivity index (χ1v) is 9.99. The van der Waals surface area contributed by atoms with Crippen LogP contribution in [0.1, 0.15) is 23.3 Å². The van der Waals surface area contributed by atoms with Gasteiger partial charge in [0, 0.05) is 23.5 Å². The molecule has 0 unspecified atom stereocenters. The van der Waals surface area contributed by atoms with E-state index in [1.165, 1.54) is 20.7 Å². The zero-order valence-electron chi connectivity index (χ0n) is 15.3. The molecule has 2 N–H and O–H groups in total. The van der Waals surface area contributed by atoms with Crippen molar-refractivity contribution in [1.82, 2.24) is 9.55 Å². The highest BCUT2D eigenvalue weighted by atomic mass is 32.1. The molecule has 0 spiro atoms. The Hall–Kier alpha value is -3.00. The fourth-order valence-electron chi connectivity index (χ4n) is 3.59. The molecular formula is C20H20N4O3S. The molecule has 2 heterocycles. The maximum absolute atomic E-state index is 13.0. The molecule has 4 rings (SSSR count). The van der Waals surface area contributed by atoms with E-state index in [1.807, 2.05) is 18.2 Å². The lowest BCUT2D eigenvalue weighted by Crippen LogP contribution is -2.38. The van der Waals surface area contributed by atoms with Crippen LogP contribution in [-0.4, -0.2) is 27.9 Å². The molecule has 144 valence electrons. The van der Waals surface area contributed by atoms with Crippen LogP contribution in [0.4, 0.5) is 5.69 Å². The van der Waals surface area contributed by atoms with Crippen molar-refractivity contribution in [3.63, 3.8) is 0 Å². The fourth-order valence-corrected chi connectivity index (χ4v) is 4.81. The van der Waals surface area contributed by atoms with Crippen molar-refractivity contribution < 1.29 is 9.59 Å². The summed E-state index contributed by atoms with van der Waals surface area (Å²) in [6, 6.07) is 9.05. The zero-order chi connectivity index (χ0) is 19.7. The van der Waals surface area contributed by atoms with Gasteiger partial charge < -0.3 is 10.6 Å². The van der Waals surface area contributed by atoms with Crippen LogP contribution in [0.3, 0.4) is 0 Å². The summed E-state index contributed by atoms with van der Waals surface area (Å²) in [5, 5.41) is 0.649. The molecule has 0 saturated carbocycles. The van der Waals surface area contributed by atoms with E-state index in [2.05, 4.69) is 4.98 Å². The van der Waals surface area contributed by atoms with Crippen LogP contribution in [0.2, 0.25) is 0 Å². The van der Waals surface area contributed by atoms with Crippen LogP contribution in [0.25, 0.3) is 10.2 Å². The third-order valence-corrected chi connectivity index (χ3v) is 6.15. The summed E-state index contributed by atoms with van der Waals surface area (Å²) < 4.78 is 1.36. The normalized spacial score (nSPS) is 12.9. The van der Waals surface area contributed by atoms with Crippen molar-refractivity contribution in [2.75, 3.05) is 11.4 Å². The van der Waals surface area contributed by atoms with E-state index >= 15 is 0 Å². The van der Waals surface area contributed by atoms with E-state index in [1.54, 1.807) is 23.5 Å². The number of primary amides is 1. The van der Waals surface area contributed by atoms with Crippen molar-refractivity contribution in [2.45, 2.75) is 32.2 Å². The monoisotopic (exact) mass is 396 g/mol. The molecule has 1 aromatic carbocycles. The largest absolute Gasteiger partial charge is 0.370 e. The molecule has 1 aliphatic carbocycles. The predicted molar refractivity (Wildman–Crippen MR) is 109 cm³/mol. The highest BCUT2D eigenvalue weighted by Gasteiger charge is 2.23.